The van der Waals surface area contributed by atoms with Crippen molar-refractivity contribution in [2.75, 3.05) is 12.0 Å². The Kier molecular flexibility index (Phi) is 5.60. The molecule has 0 aromatic carbocycles. The second kappa shape index (κ2) is 6.76. The topological polar surface area (TPSA) is 60.2 Å². The Morgan fingerprint density at radius 3 is 3.07 bits per heavy atom. The average Bonchev–Trinajstić information content (AvgIpc) is 2.66. The summed E-state index contributed by atoms with van der Waals surface area (Å²) in [6, 6.07) is 0. The van der Waals surface area contributed by atoms with Crippen LogP contribution in [0.5, 0.6) is 0 Å². The van der Waals surface area contributed by atoms with Crippen molar-refractivity contribution in [2.45, 2.75) is 33.3 Å². The number of nitrogens with two attached hydrogens (primary N) is 1. The molecule has 0 bridgehead atoms. The van der Waals surface area contributed by atoms with E-state index in [1.165, 1.54) is 24.2 Å². The number of anilines is 1. The lowest BCUT2D eigenvalue weighted by atomic mass is 10.1. The zero-order chi connectivity index (χ0) is 11.1. The largest absolute Gasteiger partial charge is 0.376 e. The number of nitrogens with one attached hydrogen (secondary N) is 1. The maximum absolute atomic E-state index is 5.59. The first-order valence-corrected chi connectivity index (χ1v) is 6.07. The van der Waals surface area contributed by atoms with E-state index in [0.29, 0.717) is 12.5 Å². The molecule has 5 heteroatoms. The van der Waals surface area contributed by atoms with Crippen molar-refractivity contribution < 1.29 is 4.74 Å². The lowest BCUT2D eigenvalue weighted by Gasteiger charge is -2.09. The minimum absolute atomic E-state index is 0.632. The van der Waals surface area contributed by atoms with Crippen LogP contribution in [0.2, 0.25) is 0 Å². The fraction of sp³-hybridized carbons (Fsp3) is 0.700. The number of nitrogen functional groups attached to an aromatic ring is 1. The van der Waals surface area contributed by atoms with Crippen LogP contribution < -0.4 is 11.3 Å². The van der Waals surface area contributed by atoms with Gasteiger partial charge in [0.25, 0.3) is 0 Å². The molecule has 0 saturated heterocycles. The number of hydrazine groups is 1. The van der Waals surface area contributed by atoms with Gasteiger partial charge in [-0.2, -0.15) is 0 Å². The van der Waals surface area contributed by atoms with Gasteiger partial charge in [0.2, 0.25) is 0 Å². The standard InChI is InChI=1S/C10H19N3OS/c1-3-4-8(2)6-14-7-9-5-12-10(13-11)15-9/h5,8H,3-4,6-7,11H2,1-2H3,(H,12,13). The number of nitrogens with zero attached hydrogens (tertiary/aromatic N) is 1. The van der Waals surface area contributed by atoms with E-state index < -0.39 is 0 Å². The Morgan fingerprint density at radius 2 is 2.47 bits per heavy atom. The fourth-order valence-electron chi connectivity index (χ4n) is 1.38. The highest BCUT2D eigenvalue weighted by Gasteiger charge is 2.03. The van der Waals surface area contributed by atoms with Crippen molar-refractivity contribution in [3.05, 3.63) is 11.1 Å². The summed E-state index contributed by atoms with van der Waals surface area (Å²) in [7, 11) is 0. The molecule has 1 unspecified atom stereocenters. The molecule has 0 aliphatic heterocycles. The number of thiazole rings is 1. The number of ether oxygens (including phenoxy) is 1. The van der Waals surface area contributed by atoms with Gasteiger partial charge in [0.05, 0.1) is 11.5 Å². The Morgan fingerprint density at radius 1 is 1.67 bits per heavy atom. The smallest absolute Gasteiger partial charge is 0.197 e. The molecular weight excluding hydrogens is 210 g/mol. The molecule has 3 N–H and O–H groups in total. The predicted molar refractivity (Wildman–Crippen MR) is 63.7 cm³/mol. The fourth-order valence-corrected chi connectivity index (χ4v) is 2.04. The second-order valence-electron chi connectivity index (χ2n) is 3.69. The first-order chi connectivity index (χ1) is 7.26. The van der Waals surface area contributed by atoms with Gasteiger partial charge in [-0.1, -0.05) is 31.6 Å². The van der Waals surface area contributed by atoms with Gasteiger partial charge in [-0.3, -0.25) is 5.43 Å². The lowest BCUT2D eigenvalue weighted by molar-refractivity contribution is 0.0910. The van der Waals surface area contributed by atoms with Crippen molar-refractivity contribution in [2.24, 2.45) is 11.8 Å². The van der Waals surface area contributed by atoms with Gasteiger partial charge in [0.1, 0.15) is 0 Å². The number of hydrogen-bond donors (Lipinski definition) is 2. The van der Waals surface area contributed by atoms with Crippen molar-refractivity contribution >= 4 is 16.5 Å². The molecule has 0 saturated carbocycles. The number of rotatable bonds is 7. The summed E-state index contributed by atoms with van der Waals surface area (Å²) >= 11 is 1.53. The van der Waals surface area contributed by atoms with Crippen LogP contribution in [0.3, 0.4) is 0 Å². The molecule has 1 rings (SSSR count). The summed E-state index contributed by atoms with van der Waals surface area (Å²) in [5.41, 5.74) is 2.52. The molecule has 0 amide bonds. The summed E-state index contributed by atoms with van der Waals surface area (Å²) in [6.07, 6.45) is 4.23. The minimum atomic E-state index is 0.632. The third-order valence-corrected chi connectivity index (χ3v) is 3.01. The van der Waals surface area contributed by atoms with E-state index in [1.807, 2.05) is 0 Å². The van der Waals surface area contributed by atoms with E-state index in [-0.39, 0.29) is 0 Å². The van der Waals surface area contributed by atoms with E-state index in [9.17, 15) is 0 Å². The van der Waals surface area contributed by atoms with E-state index in [2.05, 4.69) is 24.3 Å². The average molecular weight is 229 g/mol. The Labute approximate surface area is 94.8 Å². The third kappa shape index (κ3) is 4.59. The van der Waals surface area contributed by atoms with Crippen LogP contribution in [-0.2, 0) is 11.3 Å². The van der Waals surface area contributed by atoms with Crippen LogP contribution in [0.15, 0.2) is 6.20 Å². The molecular formula is C10H19N3OS. The maximum atomic E-state index is 5.59. The van der Waals surface area contributed by atoms with Gasteiger partial charge in [-0.05, 0) is 12.3 Å². The predicted octanol–water partition coefficient (Wildman–Crippen LogP) is 2.38. The molecule has 0 fully saturated rings. The lowest BCUT2D eigenvalue weighted by Crippen LogP contribution is -2.05. The Bertz CT molecular complexity index is 277. The normalized spacial score (nSPS) is 12.7. The molecule has 86 valence electrons. The zero-order valence-corrected chi connectivity index (χ0v) is 10.1. The van der Waals surface area contributed by atoms with E-state index in [0.717, 1.165) is 16.6 Å². The van der Waals surface area contributed by atoms with Gasteiger partial charge in [0, 0.05) is 12.8 Å². The highest BCUT2D eigenvalue weighted by Crippen LogP contribution is 2.18. The maximum Gasteiger partial charge on any atom is 0.197 e. The molecule has 0 aliphatic rings. The first-order valence-electron chi connectivity index (χ1n) is 5.25. The molecule has 4 nitrogen and oxygen atoms in total. The van der Waals surface area contributed by atoms with Gasteiger partial charge in [-0.15, -0.1) is 0 Å². The number of aromatic nitrogens is 1. The van der Waals surface area contributed by atoms with Crippen LogP contribution in [0, 0.1) is 5.92 Å². The highest BCUT2D eigenvalue weighted by molar-refractivity contribution is 7.15. The van der Waals surface area contributed by atoms with Crippen molar-refractivity contribution in [3.8, 4) is 0 Å². The summed E-state index contributed by atoms with van der Waals surface area (Å²) in [6.45, 7) is 5.85. The summed E-state index contributed by atoms with van der Waals surface area (Å²) in [5.74, 6) is 5.87. The zero-order valence-electron chi connectivity index (χ0n) is 9.32. The number of hydrogen-bond acceptors (Lipinski definition) is 5. The molecule has 15 heavy (non-hydrogen) atoms. The van der Waals surface area contributed by atoms with Crippen LogP contribution in [0.4, 0.5) is 5.13 Å². The molecule has 0 aliphatic carbocycles. The summed E-state index contributed by atoms with van der Waals surface area (Å²) in [4.78, 5) is 5.17. The van der Waals surface area contributed by atoms with E-state index in [4.69, 9.17) is 10.6 Å². The van der Waals surface area contributed by atoms with Crippen LogP contribution in [0.25, 0.3) is 0 Å². The van der Waals surface area contributed by atoms with Gasteiger partial charge < -0.3 is 4.74 Å². The van der Waals surface area contributed by atoms with Crippen LogP contribution in [-0.4, -0.2) is 11.6 Å². The summed E-state index contributed by atoms with van der Waals surface area (Å²) < 4.78 is 5.59. The van der Waals surface area contributed by atoms with Crippen molar-refractivity contribution in [1.82, 2.24) is 4.98 Å². The third-order valence-electron chi connectivity index (χ3n) is 2.11. The minimum Gasteiger partial charge on any atom is -0.376 e. The van der Waals surface area contributed by atoms with Gasteiger partial charge in [-0.25, -0.2) is 10.8 Å². The molecule has 0 spiro atoms. The van der Waals surface area contributed by atoms with Crippen molar-refractivity contribution in [1.29, 1.82) is 0 Å². The summed E-state index contributed by atoms with van der Waals surface area (Å²) in [5, 5.41) is 0.732. The Hall–Kier alpha value is -0.650. The molecule has 1 aromatic rings. The SMILES string of the molecule is CCCC(C)COCc1cnc(NN)s1. The Balaban J connectivity index is 2.19. The molecule has 1 atom stereocenters. The van der Waals surface area contributed by atoms with Crippen molar-refractivity contribution in [3.63, 3.8) is 0 Å². The van der Waals surface area contributed by atoms with Crippen LogP contribution in [0.1, 0.15) is 31.6 Å². The second-order valence-corrected chi connectivity index (χ2v) is 4.80. The molecule has 1 aromatic heterocycles. The van der Waals surface area contributed by atoms with E-state index >= 15 is 0 Å². The first kappa shape index (κ1) is 12.4. The van der Waals surface area contributed by atoms with Gasteiger partial charge in [0.15, 0.2) is 5.13 Å². The van der Waals surface area contributed by atoms with Gasteiger partial charge >= 0.3 is 0 Å². The molecule has 0 radical (unpaired) electrons. The quantitative estimate of drug-likeness (QED) is 0.556. The van der Waals surface area contributed by atoms with E-state index in [1.54, 1.807) is 6.20 Å². The van der Waals surface area contributed by atoms with Crippen LogP contribution >= 0.6 is 11.3 Å². The monoisotopic (exact) mass is 229 g/mol. The highest BCUT2D eigenvalue weighted by atomic mass is 32.1. The molecule has 1 heterocycles.